The van der Waals surface area contributed by atoms with E-state index in [1.54, 1.807) is 75.6 Å². The molecule has 0 spiro atoms. The Labute approximate surface area is 525 Å². The van der Waals surface area contributed by atoms with Crippen LogP contribution in [0.3, 0.4) is 0 Å². The molecule has 3 fully saturated rings. The predicted octanol–water partition coefficient (Wildman–Crippen LogP) is 10.7. The summed E-state index contributed by atoms with van der Waals surface area (Å²) in [5.74, 6) is 0.319. The molecule has 89 heavy (non-hydrogen) atoms. The number of pyridine rings is 1. The first-order valence-corrected chi connectivity index (χ1v) is 31.9. The van der Waals surface area contributed by atoms with E-state index in [4.69, 9.17) is 11.6 Å². The van der Waals surface area contributed by atoms with Gasteiger partial charge in [0.2, 0.25) is 5.69 Å². The minimum atomic E-state index is 0.159. The second kappa shape index (κ2) is 24.8. The molecule has 9 aromatic heterocycles. The highest BCUT2D eigenvalue weighted by Gasteiger charge is 2.33. The van der Waals surface area contributed by atoms with Crippen LogP contribution in [0.1, 0.15) is 39.0 Å². The number of aromatic amines is 2. The monoisotopic (exact) mass is 1250 g/mol. The van der Waals surface area contributed by atoms with Gasteiger partial charge in [-0.05, 0) is 138 Å². The largest absolute Gasteiger partial charge is 0.507 e. The summed E-state index contributed by atoms with van der Waals surface area (Å²) in [7, 11) is 14.6. The number of hydrogen-bond acceptors (Lipinski definition) is 22. The number of fused-ring (bicyclic) bond motifs is 4. The Morgan fingerprint density at radius 2 is 1.20 bits per heavy atom. The van der Waals surface area contributed by atoms with Crippen LogP contribution in [0.15, 0.2) is 104 Å². The number of thiazole rings is 3. The molecular formula is C63H67N21O2S3. The molecule has 3 aromatic carbocycles. The number of aromatic nitrogens is 14. The van der Waals surface area contributed by atoms with Crippen molar-refractivity contribution in [2.75, 3.05) is 76.6 Å². The Bertz CT molecular complexity index is 4530. The second-order valence-electron chi connectivity index (χ2n) is 23.3. The molecule has 454 valence electrons. The number of likely N-dealkylation sites (tertiary alicyclic amines) is 2. The van der Waals surface area contributed by atoms with E-state index >= 15 is 0 Å². The van der Waals surface area contributed by atoms with Crippen LogP contribution >= 0.6 is 34.0 Å². The van der Waals surface area contributed by atoms with Crippen LogP contribution in [0.25, 0.3) is 103 Å². The smallest absolute Gasteiger partial charge is 0.215 e. The molecule has 3 aliphatic rings. The van der Waals surface area contributed by atoms with Crippen molar-refractivity contribution in [3.8, 4) is 67.5 Å². The maximum absolute atomic E-state index is 10.6. The summed E-state index contributed by atoms with van der Waals surface area (Å²) in [5, 5.41) is 63.4. The molecule has 2 aliphatic heterocycles. The van der Waals surface area contributed by atoms with E-state index in [0.29, 0.717) is 69.7 Å². The average molecular weight is 1250 g/mol. The Balaban J connectivity index is 0.000000123. The molecule has 0 radical (unpaired) electrons. The van der Waals surface area contributed by atoms with Gasteiger partial charge >= 0.3 is 0 Å². The molecule has 3 unspecified atom stereocenters. The molecule has 1 saturated carbocycles. The van der Waals surface area contributed by atoms with E-state index < -0.39 is 0 Å². The van der Waals surface area contributed by atoms with Gasteiger partial charge in [-0.15, -0.1) is 20.4 Å². The molecule has 0 bridgehead atoms. The lowest BCUT2D eigenvalue weighted by atomic mass is 9.86. The van der Waals surface area contributed by atoms with Crippen LogP contribution in [-0.2, 0) is 7.05 Å². The number of anilines is 3. The van der Waals surface area contributed by atoms with Gasteiger partial charge in [0.25, 0.3) is 0 Å². The number of benzene rings is 3. The fourth-order valence-corrected chi connectivity index (χ4v) is 14.7. The third-order valence-corrected chi connectivity index (χ3v) is 20.8. The molecule has 12 aromatic rings. The molecule has 11 heterocycles. The van der Waals surface area contributed by atoms with Crippen molar-refractivity contribution in [2.24, 2.45) is 7.05 Å². The van der Waals surface area contributed by atoms with E-state index in [-0.39, 0.29) is 11.5 Å². The Morgan fingerprint density at radius 1 is 0.629 bits per heavy atom. The zero-order chi connectivity index (χ0) is 61.6. The highest BCUT2D eigenvalue weighted by molar-refractivity contribution is 7.23. The first kappa shape index (κ1) is 58.9. The van der Waals surface area contributed by atoms with Crippen LogP contribution < -0.4 is 20.0 Å². The first-order chi connectivity index (χ1) is 43.1. The molecule has 5 N–H and O–H groups in total. The number of hydrogen-bond donors (Lipinski definition) is 5. The maximum Gasteiger partial charge on any atom is 0.215 e. The zero-order valence-electron chi connectivity index (χ0n) is 50.5. The number of phenolic OH excluding ortho intramolecular Hbond substituents is 2. The minimum Gasteiger partial charge on any atom is -0.507 e. The Kier molecular flexibility index (Phi) is 16.4. The fraction of sp³-hybridized carbons (Fsp3) is 0.333. The van der Waals surface area contributed by atoms with Crippen molar-refractivity contribution in [2.45, 2.75) is 69.2 Å². The zero-order valence-corrected chi connectivity index (χ0v) is 53.0. The van der Waals surface area contributed by atoms with E-state index in [1.165, 1.54) is 0 Å². The maximum atomic E-state index is 10.6. The van der Waals surface area contributed by atoms with E-state index in [1.807, 2.05) is 69.0 Å². The molecule has 23 nitrogen and oxygen atoms in total. The lowest BCUT2D eigenvalue weighted by Gasteiger charge is -2.40. The third kappa shape index (κ3) is 12.2. The van der Waals surface area contributed by atoms with Gasteiger partial charge in [-0.25, -0.2) is 9.83 Å². The van der Waals surface area contributed by atoms with E-state index in [9.17, 15) is 10.2 Å². The number of phenols is 2. The summed E-state index contributed by atoms with van der Waals surface area (Å²) in [6.45, 7) is 13.1. The number of likely N-dealkylation sites (N-methyl/N-ethyl adjacent to an activating group) is 2. The van der Waals surface area contributed by atoms with Gasteiger partial charge in [0.05, 0.1) is 61.9 Å². The van der Waals surface area contributed by atoms with Crippen LogP contribution in [0.5, 0.6) is 11.5 Å². The SMILES string of the molecule is CN1CCC(N(C)c2nc3nnc(-c4ccc(-c5cn[nH]c5)cc4O)cc3s2)C1.CNC1CC(N(C)c2nc3nnc(-c4ccc(-c5cn[nH]c5)cc4O)cc3s2)C1.[C-]#[N+]c1cc(-c2cc3sc(N(C)C4CCN(C)C(C)C4)nc3cn2)cc2cn(C)nc12. The molecule has 15 rings (SSSR count). The third-order valence-electron chi connectivity index (χ3n) is 17.5. The summed E-state index contributed by atoms with van der Waals surface area (Å²) in [4.78, 5) is 34.1. The van der Waals surface area contributed by atoms with Crippen molar-refractivity contribution >= 4 is 96.9 Å². The lowest BCUT2D eigenvalue weighted by molar-refractivity contribution is 0.181. The summed E-state index contributed by atoms with van der Waals surface area (Å²) in [6, 6.07) is 23.6. The van der Waals surface area contributed by atoms with Crippen molar-refractivity contribution in [1.29, 1.82) is 0 Å². The van der Waals surface area contributed by atoms with Crippen molar-refractivity contribution in [3.63, 3.8) is 0 Å². The molecule has 1 aliphatic carbocycles. The summed E-state index contributed by atoms with van der Waals surface area (Å²) >= 11 is 4.93. The second-order valence-corrected chi connectivity index (χ2v) is 26.3. The first-order valence-electron chi connectivity index (χ1n) is 29.4. The Morgan fingerprint density at radius 3 is 1.75 bits per heavy atom. The number of nitrogens with one attached hydrogen (secondary N) is 3. The number of aromatic hydroxyl groups is 2. The number of H-pyrrole nitrogens is 2. The van der Waals surface area contributed by atoms with Crippen LogP contribution in [-0.4, -0.2) is 183 Å². The van der Waals surface area contributed by atoms with Crippen molar-refractivity contribution in [3.05, 3.63) is 115 Å². The quantitative estimate of drug-likeness (QED) is 0.0713. The topological polar surface area (TPSA) is 251 Å². The Hall–Kier alpha value is -9.10. The van der Waals surface area contributed by atoms with Crippen LogP contribution in [0.2, 0.25) is 0 Å². The molecular weight excluding hydrogens is 1180 g/mol. The summed E-state index contributed by atoms with van der Waals surface area (Å²) in [6.07, 6.45) is 16.5. The standard InChI is InChI=1S/C23H25N7S.2C20H21N7OS/c1-14-8-17(6-7-28(14)3)30(5)23-26-20-12-25-18(11-21(20)31-23)15-9-16-13-29(4)27-22(16)19(10-15)24-2;1-21-13-6-14(7-13)27(2)20-24-19-18(29-20)8-16(25-26-19)15-4-3-11(5-17(15)28)12-9-22-23-10-12;1-26-6-5-14(11-26)27(2)20-23-19-18(29-20)8-16(24-25-19)15-4-3-12(7-17(15)28)13-9-21-22-10-13/h9-14,17H,6-8H2,1,3-5H3;3-5,8-10,13-14,21,28H,6-7H2,1-2H3,(H,22,23);3-4,7-10,14,28H,5-6,11H2,1-2H3,(H,21,22). The summed E-state index contributed by atoms with van der Waals surface area (Å²) < 4.78 is 4.78. The van der Waals surface area contributed by atoms with Crippen molar-refractivity contribution in [1.82, 2.24) is 85.6 Å². The minimum absolute atomic E-state index is 0.159. The normalized spacial score (nSPS) is 18.6. The van der Waals surface area contributed by atoms with Gasteiger partial charge < -0.3 is 40.0 Å². The highest BCUT2D eigenvalue weighted by atomic mass is 32.1. The van der Waals surface area contributed by atoms with Gasteiger partial charge in [0.15, 0.2) is 26.7 Å². The molecule has 3 atom stereocenters. The van der Waals surface area contributed by atoms with Gasteiger partial charge in [-0.2, -0.15) is 25.3 Å². The number of aryl methyl sites for hydroxylation is 1. The van der Waals surface area contributed by atoms with Crippen molar-refractivity contribution < 1.29 is 10.2 Å². The van der Waals surface area contributed by atoms with Crippen LogP contribution in [0.4, 0.5) is 21.1 Å². The fourth-order valence-electron chi connectivity index (χ4n) is 11.8. The molecule has 0 amide bonds. The average Bonchev–Trinajstić information content (AvgIpc) is 2.13. The predicted molar refractivity (Wildman–Crippen MR) is 355 cm³/mol. The number of nitrogens with zero attached hydrogens (tertiary/aromatic N) is 18. The molecule has 26 heteroatoms. The number of piperidine rings is 1. The molecule has 2 saturated heterocycles. The van der Waals surface area contributed by atoms with Gasteiger partial charge in [0.1, 0.15) is 17.0 Å². The number of rotatable bonds is 12. The lowest BCUT2D eigenvalue weighted by Crippen LogP contribution is -2.50. The van der Waals surface area contributed by atoms with Gasteiger partial charge in [0, 0.05) is 118 Å². The van der Waals surface area contributed by atoms with Gasteiger partial charge in [-0.1, -0.05) is 46.1 Å². The van der Waals surface area contributed by atoms with E-state index in [2.05, 4.69) is 150 Å². The van der Waals surface area contributed by atoms with Gasteiger partial charge in [-0.3, -0.25) is 19.9 Å². The summed E-state index contributed by atoms with van der Waals surface area (Å²) in [5.41, 5.74) is 11.4. The highest BCUT2D eigenvalue weighted by Crippen LogP contribution is 2.40. The van der Waals surface area contributed by atoms with E-state index in [0.717, 1.165) is 131 Å². The van der Waals surface area contributed by atoms with Crippen LogP contribution in [0, 0.1) is 6.57 Å².